The van der Waals surface area contributed by atoms with Gasteiger partial charge in [-0.3, -0.25) is 0 Å². The standard InChI is InChI=1S/C18H18S/c1-2-3-7-16-10-12-17(13-11-16)14-15-19-18-8-5-4-6-9-18/h4-6,8-13H,2-3,7H2,1H3. The molecule has 0 saturated heterocycles. The second-order valence-electron chi connectivity index (χ2n) is 4.44. The fraction of sp³-hybridized carbons (Fsp3) is 0.222. The summed E-state index contributed by atoms with van der Waals surface area (Å²) in [7, 11) is 0. The van der Waals surface area contributed by atoms with Gasteiger partial charge in [0.2, 0.25) is 0 Å². The molecule has 0 aliphatic heterocycles. The van der Waals surface area contributed by atoms with Crippen LogP contribution in [0.15, 0.2) is 59.5 Å². The Labute approximate surface area is 120 Å². The molecule has 0 spiro atoms. The van der Waals surface area contributed by atoms with E-state index in [1.807, 2.05) is 18.2 Å². The van der Waals surface area contributed by atoms with Crippen molar-refractivity contribution in [1.29, 1.82) is 0 Å². The minimum absolute atomic E-state index is 1.09. The summed E-state index contributed by atoms with van der Waals surface area (Å²) in [6.07, 6.45) is 3.67. The molecule has 0 aliphatic rings. The number of thioether (sulfide) groups is 1. The second kappa shape index (κ2) is 7.71. The molecule has 0 amide bonds. The van der Waals surface area contributed by atoms with Gasteiger partial charge in [-0.1, -0.05) is 49.6 Å². The number of benzene rings is 2. The highest BCUT2D eigenvalue weighted by molar-refractivity contribution is 8.03. The molecule has 0 aromatic heterocycles. The molecule has 0 bridgehead atoms. The number of aryl methyl sites for hydroxylation is 1. The molecule has 0 fully saturated rings. The molecule has 0 unspecified atom stereocenters. The van der Waals surface area contributed by atoms with Crippen LogP contribution < -0.4 is 0 Å². The third-order valence-electron chi connectivity index (χ3n) is 2.88. The molecule has 0 radical (unpaired) electrons. The maximum atomic E-state index is 3.19. The monoisotopic (exact) mass is 266 g/mol. The first kappa shape index (κ1) is 13.8. The van der Waals surface area contributed by atoms with Gasteiger partial charge in [-0.05, 0) is 59.7 Å². The molecular formula is C18H18S. The van der Waals surface area contributed by atoms with Gasteiger partial charge in [-0.15, -0.1) is 0 Å². The average Bonchev–Trinajstić information content (AvgIpc) is 2.47. The molecule has 96 valence electrons. The van der Waals surface area contributed by atoms with Crippen LogP contribution in [0.4, 0.5) is 0 Å². The van der Waals surface area contributed by atoms with Crippen molar-refractivity contribution >= 4 is 11.8 Å². The van der Waals surface area contributed by atoms with Crippen molar-refractivity contribution in [3.8, 4) is 11.2 Å². The van der Waals surface area contributed by atoms with Gasteiger partial charge in [0.05, 0.1) is 0 Å². The van der Waals surface area contributed by atoms with Crippen LogP contribution in [0.2, 0.25) is 0 Å². The highest BCUT2D eigenvalue weighted by atomic mass is 32.2. The summed E-state index contributed by atoms with van der Waals surface area (Å²) in [5.74, 6) is 3.19. The van der Waals surface area contributed by atoms with E-state index in [-0.39, 0.29) is 0 Å². The van der Waals surface area contributed by atoms with Gasteiger partial charge in [-0.2, -0.15) is 0 Å². The van der Waals surface area contributed by atoms with Crippen molar-refractivity contribution in [3.05, 3.63) is 65.7 Å². The molecule has 0 nitrogen and oxygen atoms in total. The van der Waals surface area contributed by atoms with E-state index in [2.05, 4.69) is 54.5 Å². The molecule has 0 aliphatic carbocycles. The van der Waals surface area contributed by atoms with Crippen LogP contribution in [0.3, 0.4) is 0 Å². The number of unbranched alkanes of at least 4 members (excludes halogenated alkanes) is 1. The molecule has 19 heavy (non-hydrogen) atoms. The summed E-state index contributed by atoms with van der Waals surface area (Å²) in [6.45, 7) is 2.22. The van der Waals surface area contributed by atoms with Gasteiger partial charge in [0.1, 0.15) is 0 Å². The van der Waals surface area contributed by atoms with E-state index in [9.17, 15) is 0 Å². The summed E-state index contributed by atoms with van der Waals surface area (Å²) in [5, 5.41) is 3.15. The van der Waals surface area contributed by atoms with Crippen LogP contribution in [0, 0.1) is 11.2 Å². The smallest absolute Gasteiger partial charge is 0.0254 e. The third kappa shape index (κ3) is 4.85. The maximum Gasteiger partial charge on any atom is 0.0254 e. The lowest BCUT2D eigenvalue weighted by Gasteiger charge is -1.99. The zero-order chi connectivity index (χ0) is 13.3. The van der Waals surface area contributed by atoms with Crippen LogP contribution in [0.1, 0.15) is 30.9 Å². The summed E-state index contributed by atoms with van der Waals surface area (Å²) < 4.78 is 0. The quantitative estimate of drug-likeness (QED) is 0.546. The van der Waals surface area contributed by atoms with Gasteiger partial charge in [0, 0.05) is 10.5 Å². The minimum atomic E-state index is 1.09. The van der Waals surface area contributed by atoms with Gasteiger partial charge < -0.3 is 0 Å². The largest absolute Gasteiger partial charge is 0.0654 e. The fourth-order valence-electron chi connectivity index (χ4n) is 1.77. The molecule has 2 rings (SSSR count). The highest BCUT2D eigenvalue weighted by Crippen LogP contribution is 2.15. The van der Waals surface area contributed by atoms with Crippen molar-refractivity contribution in [1.82, 2.24) is 0 Å². The molecule has 2 aromatic rings. The van der Waals surface area contributed by atoms with Crippen molar-refractivity contribution in [2.45, 2.75) is 31.1 Å². The zero-order valence-corrected chi connectivity index (χ0v) is 12.0. The molecule has 2 aromatic carbocycles. The van der Waals surface area contributed by atoms with E-state index in [1.165, 1.54) is 29.7 Å². The predicted octanol–water partition coefficient (Wildman–Crippen LogP) is 5.13. The summed E-state index contributed by atoms with van der Waals surface area (Å²) >= 11 is 1.57. The van der Waals surface area contributed by atoms with Crippen LogP contribution in [-0.4, -0.2) is 0 Å². The molecule has 0 N–H and O–H groups in total. The van der Waals surface area contributed by atoms with E-state index in [1.54, 1.807) is 11.8 Å². The fourth-order valence-corrected chi connectivity index (χ4v) is 2.35. The molecule has 0 atom stereocenters. The topological polar surface area (TPSA) is 0 Å². The van der Waals surface area contributed by atoms with Crippen LogP contribution in [0.5, 0.6) is 0 Å². The minimum Gasteiger partial charge on any atom is -0.0654 e. The summed E-state index contributed by atoms with van der Waals surface area (Å²) in [4.78, 5) is 1.19. The zero-order valence-electron chi connectivity index (χ0n) is 11.2. The number of rotatable bonds is 4. The molecular weight excluding hydrogens is 248 g/mol. The van der Waals surface area contributed by atoms with Crippen LogP contribution in [0.25, 0.3) is 0 Å². The Morgan fingerprint density at radius 3 is 2.37 bits per heavy atom. The summed E-state index contributed by atoms with van der Waals surface area (Å²) in [5.41, 5.74) is 2.49. The van der Waals surface area contributed by atoms with Crippen molar-refractivity contribution < 1.29 is 0 Å². The van der Waals surface area contributed by atoms with Gasteiger partial charge >= 0.3 is 0 Å². The lowest BCUT2D eigenvalue weighted by Crippen LogP contribution is -1.84. The first-order chi connectivity index (χ1) is 9.38. The summed E-state index contributed by atoms with van der Waals surface area (Å²) in [6, 6.07) is 18.8. The third-order valence-corrected chi connectivity index (χ3v) is 3.59. The molecule has 0 heterocycles. The maximum absolute atomic E-state index is 3.19. The second-order valence-corrected chi connectivity index (χ2v) is 5.32. The highest BCUT2D eigenvalue weighted by Gasteiger charge is 1.92. The first-order valence-corrected chi connectivity index (χ1v) is 7.52. The van der Waals surface area contributed by atoms with E-state index in [0.29, 0.717) is 0 Å². The SMILES string of the molecule is CCCCc1ccc(C#CSc2ccccc2)cc1. The Kier molecular flexibility index (Phi) is 5.59. The van der Waals surface area contributed by atoms with Crippen molar-refractivity contribution in [2.24, 2.45) is 0 Å². The van der Waals surface area contributed by atoms with Gasteiger partial charge in [-0.25, -0.2) is 0 Å². The lowest BCUT2D eigenvalue weighted by atomic mass is 10.1. The van der Waals surface area contributed by atoms with Gasteiger partial charge in [0.25, 0.3) is 0 Å². The van der Waals surface area contributed by atoms with Crippen molar-refractivity contribution in [2.75, 3.05) is 0 Å². The van der Waals surface area contributed by atoms with Crippen LogP contribution in [-0.2, 0) is 6.42 Å². The average molecular weight is 266 g/mol. The molecule has 0 saturated carbocycles. The van der Waals surface area contributed by atoms with E-state index >= 15 is 0 Å². The van der Waals surface area contributed by atoms with E-state index in [4.69, 9.17) is 0 Å². The number of hydrogen-bond donors (Lipinski definition) is 0. The number of hydrogen-bond acceptors (Lipinski definition) is 1. The Morgan fingerprint density at radius 2 is 1.68 bits per heavy atom. The van der Waals surface area contributed by atoms with Crippen molar-refractivity contribution in [3.63, 3.8) is 0 Å². The Hall–Kier alpha value is -1.65. The molecule has 1 heteroatoms. The first-order valence-electron chi connectivity index (χ1n) is 6.70. The Morgan fingerprint density at radius 1 is 0.947 bits per heavy atom. The predicted molar refractivity (Wildman–Crippen MR) is 84.2 cm³/mol. The van der Waals surface area contributed by atoms with E-state index < -0.39 is 0 Å². The lowest BCUT2D eigenvalue weighted by molar-refractivity contribution is 0.795. The Bertz CT molecular complexity index is 544. The Balaban J connectivity index is 1.93. The normalized spacial score (nSPS) is 9.74. The van der Waals surface area contributed by atoms with E-state index in [0.717, 1.165) is 5.56 Å². The van der Waals surface area contributed by atoms with Crippen LogP contribution >= 0.6 is 11.8 Å². The van der Waals surface area contributed by atoms with Gasteiger partial charge in [0.15, 0.2) is 0 Å².